The molecule has 6 nitrogen and oxygen atoms in total. The maximum absolute atomic E-state index is 11.0. The van der Waals surface area contributed by atoms with Gasteiger partial charge in [-0.15, -0.1) is 35.3 Å². The highest BCUT2D eigenvalue weighted by Crippen LogP contribution is 2.13. The summed E-state index contributed by atoms with van der Waals surface area (Å²) in [4.78, 5) is 20.9. The molecule has 0 saturated heterocycles. The monoisotopic (exact) mass is 454 g/mol. The molecule has 132 valence electrons. The van der Waals surface area contributed by atoms with E-state index in [1.54, 1.807) is 18.4 Å². The maximum Gasteiger partial charge on any atom is 0.305 e. The van der Waals surface area contributed by atoms with Crippen molar-refractivity contribution in [3.05, 3.63) is 16.1 Å². The number of nitrogens with zero attached hydrogens (tertiary/aromatic N) is 2. The second-order valence-electron chi connectivity index (χ2n) is 4.78. The van der Waals surface area contributed by atoms with Crippen molar-refractivity contribution in [2.75, 3.05) is 27.2 Å². The Bertz CT molecular complexity index is 480. The number of rotatable bonds is 9. The zero-order valence-electron chi connectivity index (χ0n) is 14.1. The molecule has 0 unspecified atom stereocenters. The molecule has 0 saturated carbocycles. The molecule has 0 spiro atoms. The third-order valence-corrected chi connectivity index (χ3v) is 4.33. The number of aromatic nitrogens is 1. The van der Waals surface area contributed by atoms with Crippen LogP contribution in [-0.2, 0) is 22.4 Å². The minimum absolute atomic E-state index is 0. The lowest BCUT2D eigenvalue weighted by molar-refractivity contribution is -0.140. The van der Waals surface area contributed by atoms with Gasteiger partial charge in [0.15, 0.2) is 5.96 Å². The van der Waals surface area contributed by atoms with Crippen molar-refractivity contribution >= 4 is 47.2 Å². The molecular formula is C15H27IN4O2S. The van der Waals surface area contributed by atoms with Crippen molar-refractivity contribution in [1.29, 1.82) is 0 Å². The normalized spacial score (nSPS) is 10.8. The summed E-state index contributed by atoms with van der Waals surface area (Å²) in [6.07, 6.45) is 6.08. The van der Waals surface area contributed by atoms with Gasteiger partial charge in [0, 0.05) is 44.1 Å². The number of carbonyl (C=O) groups is 1. The molecule has 1 heterocycles. The zero-order valence-corrected chi connectivity index (χ0v) is 17.2. The molecule has 2 N–H and O–H groups in total. The minimum atomic E-state index is -0.155. The summed E-state index contributed by atoms with van der Waals surface area (Å²) in [5, 5.41) is 7.65. The number of carbonyl (C=O) groups excluding carboxylic acids is 1. The number of methoxy groups -OCH3 is 1. The molecule has 0 bridgehead atoms. The fraction of sp³-hybridized carbons (Fsp3) is 0.667. The highest BCUT2D eigenvalue weighted by Gasteiger charge is 2.02. The van der Waals surface area contributed by atoms with E-state index in [1.165, 1.54) is 12.0 Å². The largest absolute Gasteiger partial charge is 0.469 e. The molecule has 0 aliphatic rings. The van der Waals surface area contributed by atoms with Crippen molar-refractivity contribution in [2.24, 2.45) is 4.99 Å². The van der Waals surface area contributed by atoms with Crippen LogP contribution in [-0.4, -0.2) is 44.2 Å². The van der Waals surface area contributed by atoms with E-state index in [9.17, 15) is 4.79 Å². The number of halogens is 1. The minimum Gasteiger partial charge on any atom is -0.469 e. The summed E-state index contributed by atoms with van der Waals surface area (Å²) >= 11 is 1.77. The Hall–Kier alpha value is -0.900. The second-order valence-corrected chi connectivity index (χ2v) is 5.98. The van der Waals surface area contributed by atoms with Crippen LogP contribution in [0.2, 0.25) is 0 Å². The van der Waals surface area contributed by atoms with Crippen LogP contribution < -0.4 is 10.6 Å². The smallest absolute Gasteiger partial charge is 0.305 e. The quantitative estimate of drug-likeness (QED) is 0.197. The summed E-state index contributed by atoms with van der Waals surface area (Å²) in [6, 6.07) is 0. The average Bonchev–Trinajstić information content (AvgIpc) is 3.00. The van der Waals surface area contributed by atoms with Gasteiger partial charge in [-0.2, -0.15) is 0 Å². The van der Waals surface area contributed by atoms with Crippen LogP contribution in [0.1, 0.15) is 36.1 Å². The molecule has 0 aliphatic carbocycles. The van der Waals surface area contributed by atoms with Gasteiger partial charge in [-0.25, -0.2) is 4.98 Å². The lowest BCUT2D eigenvalue weighted by Crippen LogP contribution is -2.38. The van der Waals surface area contributed by atoms with Gasteiger partial charge in [0.2, 0.25) is 0 Å². The number of esters is 1. The summed E-state index contributed by atoms with van der Waals surface area (Å²) in [6.45, 7) is 3.73. The molecule has 1 aromatic rings. The second kappa shape index (κ2) is 13.5. The van der Waals surface area contributed by atoms with Crippen LogP contribution in [0.4, 0.5) is 0 Å². The Morgan fingerprint density at radius 3 is 2.70 bits per heavy atom. The van der Waals surface area contributed by atoms with Crippen LogP contribution >= 0.6 is 35.3 Å². The van der Waals surface area contributed by atoms with E-state index in [1.807, 2.05) is 6.20 Å². The SMILES string of the molecule is CCc1cnc(CCNC(=NC)NCCCCC(=O)OC)s1.I. The number of ether oxygens (including phenoxy) is 1. The van der Waals surface area contributed by atoms with Crippen LogP contribution in [0.25, 0.3) is 0 Å². The number of aryl methyl sites for hydroxylation is 1. The highest BCUT2D eigenvalue weighted by molar-refractivity contribution is 14.0. The van der Waals surface area contributed by atoms with Gasteiger partial charge in [-0.1, -0.05) is 6.92 Å². The number of guanidine groups is 1. The number of hydrogen-bond donors (Lipinski definition) is 2. The van der Waals surface area contributed by atoms with Crippen molar-refractivity contribution < 1.29 is 9.53 Å². The Morgan fingerprint density at radius 1 is 1.35 bits per heavy atom. The summed E-state index contributed by atoms with van der Waals surface area (Å²) < 4.78 is 4.60. The molecule has 8 heteroatoms. The van der Waals surface area contributed by atoms with Crippen LogP contribution in [0, 0.1) is 0 Å². The van der Waals surface area contributed by atoms with Crippen LogP contribution in [0.3, 0.4) is 0 Å². The summed E-state index contributed by atoms with van der Waals surface area (Å²) in [5.41, 5.74) is 0. The van der Waals surface area contributed by atoms with Crippen molar-refractivity contribution in [1.82, 2.24) is 15.6 Å². The first kappa shape index (κ1) is 22.1. The number of nitrogens with one attached hydrogen (secondary N) is 2. The lowest BCUT2D eigenvalue weighted by atomic mass is 10.2. The molecule has 0 aromatic carbocycles. The molecule has 0 fully saturated rings. The van der Waals surface area contributed by atoms with Gasteiger partial charge in [0.1, 0.15) is 0 Å². The van der Waals surface area contributed by atoms with E-state index in [0.29, 0.717) is 6.42 Å². The Balaban J connectivity index is 0.00000484. The topological polar surface area (TPSA) is 75.6 Å². The fourth-order valence-corrected chi connectivity index (χ4v) is 2.70. The number of aliphatic imine (C=N–C) groups is 1. The maximum atomic E-state index is 11.0. The third-order valence-electron chi connectivity index (χ3n) is 3.13. The van der Waals surface area contributed by atoms with E-state index in [0.717, 1.165) is 49.7 Å². The molecule has 1 rings (SSSR count). The van der Waals surface area contributed by atoms with Gasteiger partial charge < -0.3 is 15.4 Å². The van der Waals surface area contributed by atoms with Crippen molar-refractivity contribution in [3.8, 4) is 0 Å². The van der Waals surface area contributed by atoms with E-state index >= 15 is 0 Å². The first-order chi connectivity index (χ1) is 10.7. The van der Waals surface area contributed by atoms with E-state index in [2.05, 4.69) is 32.3 Å². The first-order valence-electron chi connectivity index (χ1n) is 7.64. The third kappa shape index (κ3) is 9.75. The molecule has 0 amide bonds. The lowest BCUT2D eigenvalue weighted by Gasteiger charge is -2.11. The van der Waals surface area contributed by atoms with E-state index < -0.39 is 0 Å². The van der Waals surface area contributed by atoms with Crippen molar-refractivity contribution in [2.45, 2.75) is 39.0 Å². The van der Waals surface area contributed by atoms with Crippen molar-refractivity contribution in [3.63, 3.8) is 0 Å². The molecule has 0 aliphatic heterocycles. The summed E-state index contributed by atoms with van der Waals surface area (Å²) in [7, 11) is 3.17. The number of unbranched alkanes of at least 4 members (excludes halogenated alkanes) is 1. The molecular weight excluding hydrogens is 427 g/mol. The molecule has 23 heavy (non-hydrogen) atoms. The van der Waals surface area contributed by atoms with Crippen LogP contribution in [0.15, 0.2) is 11.2 Å². The highest BCUT2D eigenvalue weighted by atomic mass is 127. The predicted octanol–water partition coefficient (Wildman–Crippen LogP) is 2.37. The van der Waals surface area contributed by atoms with Crippen LogP contribution in [0.5, 0.6) is 0 Å². The van der Waals surface area contributed by atoms with Gasteiger partial charge in [-0.05, 0) is 19.3 Å². The molecule has 1 aromatic heterocycles. The number of hydrogen-bond acceptors (Lipinski definition) is 5. The average molecular weight is 454 g/mol. The van der Waals surface area contributed by atoms with Gasteiger partial charge in [0.05, 0.1) is 12.1 Å². The van der Waals surface area contributed by atoms with E-state index in [-0.39, 0.29) is 29.9 Å². The molecule has 0 radical (unpaired) electrons. The van der Waals surface area contributed by atoms with Gasteiger partial charge in [0.25, 0.3) is 0 Å². The van der Waals surface area contributed by atoms with Gasteiger partial charge in [-0.3, -0.25) is 9.79 Å². The first-order valence-corrected chi connectivity index (χ1v) is 8.46. The predicted molar refractivity (Wildman–Crippen MR) is 106 cm³/mol. The number of thiazole rings is 1. The standard InChI is InChI=1S/C15H26N4O2S.HI/c1-4-12-11-19-13(22-12)8-10-18-15(16-2)17-9-6-5-7-14(20)21-3;/h11H,4-10H2,1-3H3,(H2,16,17,18);1H. The zero-order chi connectivity index (χ0) is 16.2. The van der Waals surface area contributed by atoms with E-state index in [4.69, 9.17) is 0 Å². The fourth-order valence-electron chi connectivity index (χ4n) is 1.84. The Morgan fingerprint density at radius 2 is 2.09 bits per heavy atom. The summed E-state index contributed by atoms with van der Waals surface area (Å²) in [5.74, 6) is 0.628. The molecule has 0 atom stereocenters. The van der Waals surface area contributed by atoms with Gasteiger partial charge >= 0.3 is 5.97 Å². The Kier molecular flexibility index (Phi) is 13.0. The Labute approximate surface area is 159 Å².